The minimum Gasteiger partial charge on any atom is -0.480 e. The molecule has 1 unspecified atom stereocenters. The lowest BCUT2D eigenvalue weighted by atomic mass is 10.1. The standard InChI is InChI=1S/C20H26N4O5S/c1-5-24-16(25)15(30-17(24)14(10-21)18(26)27)11-22-12-7-6-8-13(9-12)23-19(28)29-20(2,3)4/h6-9,14-15,17,22H,5,11H2,1-4H3,(H,23,28)(H,26,27)/t14-,15+,17?/m0/s1. The molecule has 162 valence electrons. The molecule has 0 saturated carbocycles. The van der Waals surface area contributed by atoms with Crippen molar-refractivity contribution in [2.75, 3.05) is 23.7 Å². The molecule has 0 aliphatic carbocycles. The van der Waals surface area contributed by atoms with Crippen LogP contribution in [0.4, 0.5) is 16.2 Å². The Morgan fingerprint density at radius 1 is 1.37 bits per heavy atom. The predicted octanol–water partition coefficient (Wildman–Crippen LogP) is 2.96. The summed E-state index contributed by atoms with van der Waals surface area (Å²) in [6.45, 7) is 7.65. The van der Waals surface area contributed by atoms with E-state index in [1.807, 2.05) is 0 Å². The zero-order chi connectivity index (χ0) is 22.5. The summed E-state index contributed by atoms with van der Waals surface area (Å²) in [4.78, 5) is 37.3. The molecule has 9 nitrogen and oxygen atoms in total. The molecule has 1 aliphatic rings. The number of nitrogens with zero attached hydrogens (tertiary/aromatic N) is 2. The molecule has 1 aromatic rings. The van der Waals surface area contributed by atoms with Crippen molar-refractivity contribution in [3.05, 3.63) is 24.3 Å². The van der Waals surface area contributed by atoms with Crippen LogP contribution < -0.4 is 10.6 Å². The van der Waals surface area contributed by atoms with E-state index in [-0.39, 0.29) is 12.5 Å². The summed E-state index contributed by atoms with van der Waals surface area (Å²) >= 11 is 1.17. The lowest BCUT2D eigenvalue weighted by Crippen LogP contribution is -2.40. The second-order valence-electron chi connectivity index (χ2n) is 7.67. The van der Waals surface area contributed by atoms with Crippen molar-refractivity contribution in [2.24, 2.45) is 5.92 Å². The number of ether oxygens (including phenoxy) is 1. The van der Waals surface area contributed by atoms with E-state index >= 15 is 0 Å². The maximum atomic E-state index is 12.6. The average molecular weight is 435 g/mol. The third kappa shape index (κ3) is 6.03. The molecule has 0 radical (unpaired) electrons. The van der Waals surface area contributed by atoms with Crippen LogP contribution in [-0.2, 0) is 14.3 Å². The molecule has 3 N–H and O–H groups in total. The van der Waals surface area contributed by atoms with Crippen LogP contribution >= 0.6 is 11.8 Å². The van der Waals surface area contributed by atoms with Gasteiger partial charge in [-0.1, -0.05) is 6.07 Å². The SMILES string of the molecule is CCN1C(=O)[C@@H](CNc2cccc(NC(=O)OC(C)(C)C)c2)SC1[C@H](C#N)C(=O)O. The highest BCUT2D eigenvalue weighted by molar-refractivity contribution is 8.01. The molecule has 1 aliphatic heterocycles. The second-order valence-corrected chi connectivity index (χ2v) is 9.00. The fraction of sp³-hybridized carbons (Fsp3) is 0.500. The van der Waals surface area contributed by atoms with E-state index in [4.69, 9.17) is 4.74 Å². The zero-order valence-corrected chi connectivity index (χ0v) is 18.2. The number of aliphatic carboxylic acids is 1. The number of amides is 2. The molecular formula is C20H26N4O5S. The van der Waals surface area contributed by atoms with Crippen LogP contribution in [0, 0.1) is 17.2 Å². The van der Waals surface area contributed by atoms with Gasteiger partial charge in [-0.05, 0) is 45.9 Å². The summed E-state index contributed by atoms with van der Waals surface area (Å²) < 4.78 is 5.23. The van der Waals surface area contributed by atoms with Gasteiger partial charge in [0, 0.05) is 24.5 Å². The largest absolute Gasteiger partial charge is 0.480 e. The quantitative estimate of drug-likeness (QED) is 0.597. The first-order valence-electron chi connectivity index (χ1n) is 9.48. The summed E-state index contributed by atoms with van der Waals surface area (Å²) in [5, 5.41) is 23.0. The predicted molar refractivity (Wildman–Crippen MR) is 114 cm³/mol. The second kappa shape index (κ2) is 9.71. The minimum atomic E-state index is -1.29. The lowest BCUT2D eigenvalue weighted by molar-refractivity contribution is -0.141. The normalized spacial score (nSPS) is 19.7. The number of anilines is 2. The average Bonchev–Trinajstić information content (AvgIpc) is 2.94. The minimum absolute atomic E-state index is 0.204. The third-order valence-electron chi connectivity index (χ3n) is 4.20. The Morgan fingerprint density at radius 3 is 2.60 bits per heavy atom. The van der Waals surface area contributed by atoms with Gasteiger partial charge in [-0.2, -0.15) is 5.26 Å². The number of hydrogen-bond acceptors (Lipinski definition) is 7. The number of thioether (sulfide) groups is 1. The summed E-state index contributed by atoms with van der Waals surface area (Å²) in [5.74, 6) is -2.73. The molecule has 0 spiro atoms. The Balaban J connectivity index is 2.02. The maximum absolute atomic E-state index is 12.6. The van der Waals surface area contributed by atoms with Crippen LogP contribution in [0.2, 0.25) is 0 Å². The molecule has 0 bridgehead atoms. The number of carboxylic acid groups (broad SMARTS) is 1. The van der Waals surface area contributed by atoms with E-state index in [1.165, 1.54) is 16.7 Å². The van der Waals surface area contributed by atoms with E-state index in [0.717, 1.165) is 0 Å². The topological polar surface area (TPSA) is 132 Å². The first kappa shape index (κ1) is 23.3. The molecule has 2 rings (SSSR count). The lowest BCUT2D eigenvalue weighted by Gasteiger charge is -2.23. The number of benzene rings is 1. The van der Waals surface area contributed by atoms with Crippen molar-refractivity contribution in [3.63, 3.8) is 0 Å². The van der Waals surface area contributed by atoms with Crippen molar-refractivity contribution < 1.29 is 24.2 Å². The summed E-state index contributed by atoms with van der Waals surface area (Å²) in [7, 11) is 0. The van der Waals surface area contributed by atoms with Gasteiger partial charge < -0.3 is 20.1 Å². The summed E-state index contributed by atoms with van der Waals surface area (Å²) in [6.07, 6.45) is -0.571. The Bertz CT molecular complexity index is 848. The zero-order valence-electron chi connectivity index (χ0n) is 17.3. The van der Waals surface area contributed by atoms with Crippen LogP contribution in [0.25, 0.3) is 0 Å². The van der Waals surface area contributed by atoms with Crippen molar-refractivity contribution in [3.8, 4) is 6.07 Å². The summed E-state index contributed by atoms with van der Waals surface area (Å²) in [5.41, 5.74) is 0.598. The molecule has 1 aromatic carbocycles. The molecule has 10 heteroatoms. The van der Waals surface area contributed by atoms with Crippen LogP contribution in [0.3, 0.4) is 0 Å². The number of hydrogen-bond donors (Lipinski definition) is 3. The van der Waals surface area contributed by atoms with Gasteiger partial charge in [0.25, 0.3) is 0 Å². The van der Waals surface area contributed by atoms with Crippen molar-refractivity contribution in [1.82, 2.24) is 4.90 Å². The fourth-order valence-corrected chi connectivity index (χ4v) is 4.42. The Morgan fingerprint density at radius 2 is 2.03 bits per heavy atom. The van der Waals surface area contributed by atoms with Crippen LogP contribution in [0.5, 0.6) is 0 Å². The molecular weight excluding hydrogens is 408 g/mol. The van der Waals surface area contributed by atoms with E-state index < -0.39 is 34.2 Å². The number of rotatable bonds is 7. The molecule has 1 fully saturated rings. The van der Waals surface area contributed by atoms with Gasteiger partial charge in [-0.3, -0.25) is 14.9 Å². The van der Waals surface area contributed by atoms with E-state index in [9.17, 15) is 24.8 Å². The highest BCUT2D eigenvalue weighted by Crippen LogP contribution is 2.36. The van der Waals surface area contributed by atoms with Gasteiger partial charge in [-0.15, -0.1) is 11.8 Å². The van der Waals surface area contributed by atoms with Gasteiger partial charge in [0.15, 0.2) is 5.92 Å². The van der Waals surface area contributed by atoms with E-state index in [0.29, 0.717) is 17.9 Å². The molecule has 30 heavy (non-hydrogen) atoms. The van der Waals surface area contributed by atoms with Gasteiger partial charge in [-0.25, -0.2) is 4.79 Å². The van der Waals surface area contributed by atoms with Crippen LogP contribution in [-0.4, -0.2) is 57.3 Å². The highest BCUT2D eigenvalue weighted by atomic mass is 32.2. The number of carbonyl (C=O) groups excluding carboxylic acids is 2. The Labute approximate surface area is 179 Å². The molecule has 2 amide bonds. The van der Waals surface area contributed by atoms with E-state index in [1.54, 1.807) is 58.0 Å². The first-order chi connectivity index (χ1) is 14.1. The molecule has 0 aromatic heterocycles. The number of nitrogens with one attached hydrogen (secondary N) is 2. The molecule has 3 atom stereocenters. The highest BCUT2D eigenvalue weighted by Gasteiger charge is 2.45. The third-order valence-corrected chi connectivity index (χ3v) is 5.70. The van der Waals surface area contributed by atoms with Crippen molar-refractivity contribution >= 4 is 41.1 Å². The number of nitriles is 1. The van der Waals surface area contributed by atoms with Gasteiger partial charge >= 0.3 is 12.1 Å². The number of carboxylic acids is 1. The van der Waals surface area contributed by atoms with Gasteiger partial charge in [0.2, 0.25) is 5.91 Å². The Hall–Kier alpha value is -2.93. The van der Waals surface area contributed by atoms with Crippen LogP contribution in [0.1, 0.15) is 27.7 Å². The fourth-order valence-electron chi connectivity index (χ4n) is 2.92. The van der Waals surface area contributed by atoms with Crippen molar-refractivity contribution in [1.29, 1.82) is 5.26 Å². The molecule has 1 heterocycles. The van der Waals surface area contributed by atoms with Crippen molar-refractivity contribution in [2.45, 2.75) is 43.9 Å². The van der Waals surface area contributed by atoms with Gasteiger partial charge in [0.05, 0.1) is 6.07 Å². The number of carbonyl (C=O) groups is 3. The van der Waals surface area contributed by atoms with Crippen LogP contribution in [0.15, 0.2) is 24.3 Å². The molecule has 1 saturated heterocycles. The summed E-state index contributed by atoms with van der Waals surface area (Å²) in [6, 6.07) is 8.73. The maximum Gasteiger partial charge on any atom is 0.412 e. The van der Waals surface area contributed by atoms with Gasteiger partial charge in [0.1, 0.15) is 16.2 Å². The smallest absolute Gasteiger partial charge is 0.412 e. The Kier molecular flexibility index (Phi) is 7.56. The first-order valence-corrected chi connectivity index (χ1v) is 10.4. The monoisotopic (exact) mass is 434 g/mol. The van der Waals surface area contributed by atoms with E-state index in [2.05, 4.69) is 10.6 Å².